The summed E-state index contributed by atoms with van der Waals surface area (Å²) in [5.41, 5.74) is 0. The summed E-state index contributed by atoms with van der Waals surface area (Å²) in [6.45, 7) is 0. The summed E-state index contributed by atoms with van der Waals surface area (Å²) in [7, 11) is 0. The predicted octanol–water partition coefficient (Wildman–Crippen LogP) is 2.66. The van der Waals surface area contributed by atoms with Crippen molar-refractivity contribution < 1.29 is 9.53 Å². The third kappa shape index (κ3) is 3.78. The fraction of sp³-hybridized carbons (Fsp3) is 0.400. The highest BCUT2D eigenvalue weighted by Gasteiger charge is 2.24. The highest BCUT2D eigenvalue weighted by molar-refractivity contribution is 7.12. The number of rotatable bonds is 4. The van der Waals surface area contributed by atoms with Crippen LogP contribution >= 0.6 is 11.3 Å². The van der Waals surface area contributed by atoms with Crippen LogP contribution in [-0.4, -0.2) is 28.0 Å². The maximum absolute atomic E-state index is 12.0. The summed E-state index contributed by atoms with van der Waals surface area (Å²) in [4.78, 5) is 20.9. The van der Waals surface area contributed by atoms with E-state index in [1.165, 1.54) is 11.3 Å². The minimum absolute atomic E-state index is 0.0308. The van der Waals surface area contributed by atoms with Gasteiger partial charge in [-0.2, -0.15) is 0 Å². The van der Waals surface area contributed by atoms with E-state index < -0.39 is 0 Å². The van der Waals surface area contributed by atoms with E-state index in [0.29, 0.717) is 5.88 Å². The van der Waals surface area contributed by atoms with Crippen molar-refractivity contribution in [1.82, 2.24) is 15.3 Å². The molecule has 0 aliphatic heterocycles. The van der Waals surface area contributed by atoms with Crippen LogP contribution in [-0.2, 0) is 0 Å². The van der Waals surface area contributed by atoms with Gasteiger partial charge in [0.15, 0.2) is 0 Å². The van der Waals surface area contributed by atoms with Crippen molar-refractivity contribution in [2.24, 2.45) is 0 Å². The molecule has 1 aliphatic carbocycles. The quantitative estimate of drug-likeness (QED) is 0.943. The molecule has 6 heteroatoms. The Morgan fingerprint density at radius 1 is 1.29 bits per heavy atom. The highest BCUT2D eigenvalue weighted by Crippen LogP contribution is 2.23. The van der Waals surface area contributed by atoms with Gasteiger partial charge in [-0.1, -0.05) is 6.07 Å². The van der Waals surface area contributed by atoms with Gasteiger partial charge in [0.1, 0.15) is 6.10 Å². The number of hydrogen-bond donors (Lipinski definition) is 1. The number of nitrogens with zero attached hydrogens (tertiary/aromatic N) is 2. The average Bonchev–Trinajstić information content (AvgIpc) is 3.05. The summed E-state index contributed by atoms with van der Waals surface area (Å²) >= 11 is 1.47. The van der Waals surface area contributed by atoms with E-state index in [1.807, 2.05) is 17.5 Å². The molecule has 2 aromatic heterocycles. The molecular weight excluding hydrogens is 286 g/mol. The highest BCUT2D eigenvalue weighted by atomic mass is 32.1. The first kappa shape index (κ1) is 14.0. The molecule has 1 saturated carbocycles. The molecule has 0 radical (unpaired) electrons. The lowest BCUT2D eigenvalue weighted by atomic mass is 9.93. The fourth-order valence-electron chi connectivity index (χ4n) is 2.51. The Morgan fingerprint density at radius 3 is 2.81 bits per heavy atom. The van der Waals surface area contributed by atoms with Crippen LogP contribution in [0, 0.1) is 0 Å². The molecule has 110 valence electrons. The van der Waals surface area contributed by atoms with Gasteiger partial charge in [0, 0.05) is 18.4 Å². The molecule has 1 fully saturated rings. The second kappa shape index (κ2) is 6.67. The SMILES string of the molecule is O=C(NC1CCC(Oc2cnccn2)CC1)c1cccs1. The van der Waals surface area contributed by atoms with Crippen LogP contribution in [0.2, 0.25) is 0 Å². The van der Waals surface area contributed by atoms with Crippen molar-refractivity contribution in [3.05, 3.63) is 41.0 Å². The monoisotopic (exact) mass is 303 g/mol. The maximum Gasteiger partial charge on any atom is 0.261 e. The Hall–Kier alpha value is -1.95. The smallest absolute Gasteiger partial charge is 0.261 e. The molecule has 0 saturated heterocycles. The summed E-state index contributed by atoms with van der Waals surface area (Å²) < 4.78 is 5.80. The van der Waals surface area contributed by atoms with Crippen molar-refractivity contribution >= 4 is 17.2 Å². The number of thiophene rings is 1. The van der Waals surface area contributed by atoms with Gasteiger partial charge in [-0.15, -0.1) is 11.3 Å². The van der Waals surface area contributed by atoms with E-state index in [-0.39, 0.29) is 18.1 Å². The van der Waals surface area contributed by atoms with Crippen LogP contribution in [0.25, 0.3) is 0 Å². The second-order valence-corrected chi connectivity index (χ2v) is 6.03. The first-order valence-corrected chi connectivity index (χ1v) is 7.96. The molecule has 0 atom stereocenters. The summed E-state index contributed by atoms with van der Waals surface area (Å²) in [5.74, 6) is 0.604. The molecule has 0 spiro atoms. The van der Waals surface area contributed by atoms with Crippen molar-refractivity contribution in [3.63, 3.8) is 0 Å². The van der Waals surface area contributed by atoms with Gasteiger partial charge < -0.3 is 10.1 Å². The van der Waals surface area contributed by atoms with E-state index in [9.17, 15) is 4.79 Å². The molecule has 1 aliphatic rings. The number of ether oxygens (including phenoxy) is 1. The average molecular weight is 303 g/mol. The van der Waals surface area contributed by atoms with Crippen LogP contribution in [0.15, 0.2) is 36.1 Å². The molecule has 0 bridgehead atoms. The van der Waals surface area contributed by atoms with Crippen molar-refractivity contribution in [3.8, 4) is 5.88 Å². The summed E-state index contributed by atoms with van der Waals surface area (Å²) in [5, 5.41) is 5.01. The molecule has 0 unspecified atom stereocenters. The Bertz CT molecular complexity index is 566. The molecule has 0 aromatic carbocycles. The lowest BCUT2D eigenvalue weighted by molar-refractivity contribution is 0.0893. The van der Waals surface area contributed by atoms with Crippen molar-refractivity contribution in [2.75, 3.05) is 0 Å². The molecular formula is C15H17N3O2S. The molecule has 5 nitrogen and oxygen atoms in total. The first-order valence-electron chi connectivity index (χ1n) is 7.08. The molecule has 3 rings (SSSR count). The van der Waals surface area contributed by atoms with Gasteiger partial charge in [0.05, 0.1) is 11.1 Å². The van der Waals surface area contributed by atoms with E-state index in [1.54, 1.807) is 18.6 Å². The molecule has 21 heavy (non-hydrogen) atoms. The van der Waals surface area contributed by atoms with Crippen molar-refractivity contribution in [2.45, 2.75) is 37.8 Å². The second-order valence-electron chi connectivity index (χ2n) is 5.09. The van der Waals surface area contributed by atoms with Crippen LogP contribution in [0.4, 0.5) is 0 Å². The number of carbonyl (C=O) groups excluding carboxylic acids is 1. The topological polar surface area (TPSA) is 64.1 Å². The standard InChI is InChI=1S/C15H17N3O2S/c19-15(13-2-1-9-21-13)18-11-3-5-12(6-4-11)20-14-10-16-7-8-17-14/h1-2,7-12H,3-6H2,(H,18,19). The number of amides is 1. The van der Waals surface area contributed by atoms with E-state index in [2.05, 4.69) is 15.3 Å². The van der Waals surface area contributed by atoms with E-state index >= 15 is 0 Å². The number of aromatic nitrogens is 2. The van der Waals surface area contributed by atoms with Crippen LogP contribution in [0.5, 0.6) is 5.88 Å². The zero-order valence-electron chi connectivity index (χ0n) is 11.6. The third-order valence-electron chi connectivity index (χ3n) is 3.58. The molecule has 1 amide bonds. The Morgan fingerprint density at radius 2 is 2.14 bits per heavy atom. The zero-order chi connectivity index (χ0) is 14.5. The predicted molar refractivity (Wildman–Crippen MR) is 80.5 cm³/mol. The maximum atomic E-state index is 12.0. The number of hydrogen-bond acceptors (Lipinski definition) is 5. The Labute approximate surface area is 127 Å². The largest absolute Gasteiger partial charge is 0.473 e. The third-order valence-corrected chi connectivity index (χ3v) is 4.45. The molecule has 2 aromatic rings. The molecule has 1 N–H and O–H groups in total. The van der Waals surface area contributed by atoms with Crippen LogP contribution in [0.1, 0.15) is 35.4 Å². The van der Waals surface area contributed by atoms with Crippen molar-refractivity contribution in [1.29, 1.82) is 0 Å². The fourth-order valence-corrected chi connectivity index (χ4v) is 3.13. The van der Waals surface area contributed by atoms with Gasteiger partial charge in [-0.25, -0.2) is 4.98 Å². The van der Waals surface area contributed by atoms with Gasteiger partial charge in [0.25, 0.3) is 5.91 Å². The normalized spacial score (nSPS) is 21.7. The van der Waals surface area contributed by atoms with Gasteiger partial charge >= 0.3 is 0 Å². The van der Waals surface area contributed by atoms with Crippen LogP contribution < -0.4 is 10.1 Å². The first-order chi connectivity index (χ1) is 10.3. The lowest BCUT2D eigenvalue weighted by Gasteiger charge is -2.28. The number of carbonyl (C=O) groups is 1. The van der Waals surface area contributed by atoms with E-state index in [0.717, 1.165) is 30.6 Å². The summed E-state index contributed by atoms with van der Waals surface area (Å²) in [6.07, 6.45) is 8.76. The van der Waals surface area contributed by atoms with E-state index in [4.69, 9.17) is 4.74 Å². The Kier molecular flexibility index (Phi) is 4.45. The van der Waals surface area contributed by atoms with Crippen LogP contribution in [0.3, 0.4) is 0 Å². The zero-order valence-corrected chi connectivity index (χ0v) is 12.4. The lowest BCUT2D eigenvalue weighted by Crippen LogP contribution is -2.39. The minimum atomic E-state index is 0.0308. The Balaban J connectivity index is 1.46. The van der Waals surface area contributed by atoms with Gasteiger partial charge in [-0.05, 0) is 37.1 Å². The molecule has 2 heterocycles. The summed E-state index contributed by atoms with van der Waals surface area (Å²) in [6, 6.07) is 3.98. The van der Waals surface area contributed by atoms with Gasteiger partial charge in [-0.3, -0.25) is 9.78 Å². The minimum Gasteiger partial charge on any atom is -0.473 e. The number of nitrogens with one attached hydrogen (secondary N) is 1. The van der Waals surface area contributed by atoms with Gasteiger partial charge in [0.2, 0.25) is 5.88 Å².